The van der Waals surface area contributed by atoms with E-state index in [0.29, 0.717) is 36.8 Å². The lowest BCUT2D eigenvalue weighted by molar-refractivity contribution is -0.124. The van der Waals surface area contributed by atoms with Gasteiger partial charge in [-0.2, -0.15) is 0 Å². The van der Waals surface area contributed by atoms with Gasteiger partial charge in [0.05, 0.1) is 0 Å². The SMILES string of the molecule is C[C@@H](NC(=O)CCCCC(=O)N[C@H](C)[C@@H]1C[C@@H]2CC[C@@H]1C2)[C@@H]1C[C@@H]2CC[C@@H]1C2. The highest BCUT2D eigenvalue weighted by molar-refractivity contribution is 5.77. The molecule has 2 amide bonds. The van der Waals surface area contributed by atoms with Crippen molar-refractivity contribution in [3.05, 3.63) is 0 Å². The summed E-state index contributed by atoms with van der Waals surface area (Å²) in [5.41, 5.74) is 0. The van der Waals surface area contributed by atoms with E-state index in [9.17, 15) is 9.59 Å². The molecule has 4 rings (SSSR count). The summed E-state index contributed by atoms with van der Waals surface area (Å²) in [5, 5.41) is 6.48. The fourth-order valence-corrected chi connectivity index (χ4v) is 7.25. The second-order valence-corrected chi connectivity index (χ2v) is 10.6. The monoisotopic (exact) mass is 388 g/mol. The van der Waals surface area contributed by atoms with Crippen LogP contribution in [0.5, 0.6) is 0 Å². The number of nitrogens with one attached hydrogen (secondary N) is 2. The largest absolute Gasteiger partial charge is 0.353 e. The molecule has 0 unspecified atom stereocenters. The van der Waals surface area contributed by atoms with Crippen molar-refractivity contribution in [1.29, 1.82) is 0 Å². The summed E-state index contributed by atoms with van der Waals surface area (Å²) in [6, 6.07) is 0.627. The van der Waals surface area contributed by atoms with Crippen LogP contribution in [0.4, 0.5) is 0 Å². The number of rotatable bonds is 9. The van der Waals surface area contributed by atoms with Gasteiger partial charge in [0, 0.05) is 24.9 Å². The van der Waals surface area contributed by atoms with Crippen molar-refractivity contribution in [2.24, 2.45) is 35.5 Å². The van der Waals surface area contributed by atoms with Crippen molar-refractivity contribution in [2.75, 3.05) is 0 Å². The van der Waals surface area contributed by atoms with Gasteiger partial charge in [-0.1, -0.05) is 12.8 Å². The molecular formula is C24H40N2O2. The third-order valence-corrected chi connectivity index (χ3v) is 8.71. The Labute approximate surface area is 171 Å². The molecule has 0 aliphatic heterocycles. The Hall–Kier alpha value is -1.06. The van der Waals surface area contributed by atoms with Crippen LogP contribution in [0.15, 0.2) is 0 Å². The Kier molecular flexibility index (Phi) is 6.32. The molecule has 8 atom stereocenters. The van der Waals surface area contributed by atoms with E-state index in [4.69, 9.17) is 0 Å². The van der Waals surface area contributed by atoms with Crippen molar-refractivity contribution in [1.82, 2.24) is 10.6 Å². The fourth-order valence-electron chi connectivity index (χ4n) is 7.25. The normalized spacial score (nSPS) is 37.8. The maximum absolute atomic E-state index is 12.3. The first-order chi connectivity index (χ1) is 13.5. The van der Waals surface area contributed by atoms with Crippen molar-refractivity contribution in [3.8, 4) is 0 Å². The van der Waals surface area contributed by atoms with Crippen LogP contribution in [-0.4, -0.2) is 23.9 Å². The van der Waals surface area contributed by atoms with Gasteiger partial charge in [0.25, 0.3) is 0 Å². The Balaban J connectivity index is 1.07. The number of amides is 2. The molecule has 0 saturated heterocycles. The van der Waals surface area contributed by atoms with E-state index < -0.39 is 0 Å². The molecule has 4 bridgehead atoms. The smallest absolute Gasteiger partial charge is 0.220 e. The third kappa shape index (κ3) is 4.57. The van der Waals surface area contributed by atoms with Crippen molar-refractivity contribution >= 4 is 11.8 Å². The molecule has 28 heavy (non-hydrogen) atoms. The highest BCUT2D eigenvalue weighted by Crippen LogP contribution is 2.50. The predicted molar refractivity (Wildman–Crippen MR) is 112 cm³/mol. The van der Waals surface area contributed by atoms with E-state index in [1.807, 2.05) is 0 Å². The minimum atomic E-state index is 0.172. The molecule has 0 radical (unpaired) electrons. The standard InChI is InChI=1S/C24H40N2O2/c1-15(21-13-17-7-9-19(21)11-17)25-23(27)5-3-4-6-24(28)26-16(2)22-14-18-8-10-20(22)12-18/h15-22H,3-14H2,1-2H3,(H,25,27)(H,26,28)/t15-,16-,17-,18-,19-,20-,21+,22+/m1/s1. The van der Waals surface area contributed by atoms with Crippen LogP contribution in [0.1, 0.15) is 90.9 Å². The Morgan fingerprint density at radius 1 is 0.714 bits per heavy atom. The zero-order chi connectivity index (χ0) is 19.7. The minimum absolute atomic E-state index is 0.172. The van der Waals surface area contributed by atoms with Crippen molar-refractivity contribution in [3.63, 3.8) is 0 Å². The number of unbranched alkanes of at least 4 members (excludes halogenated alkanes) is 1. The average Bonchev–Trinajstić information content (AvgIpc) is 3.46. The maximum Gasteiger partial charge on any atom is 0.220 e. The van der Waals surface area contributed by atoms with Gasteiger partial charge in [-0.15, -0.1) is 0 Å². The van der Waals surface area contributed by atoms with Gasteiger partial charge in [0.2, 0.25) is 11.8 Å². The predicted octanol–water partition coefficient (Wildman–Crippen LogP) is 4.43. The summed E-state index contributed by atoms with van der Waals surface area (Å²) in [7, 11) is 0. The molecule has 4 fully saturated rings. The second kappa shape index (κ2) is 8.75. The number of carbonyl (C=O) groups excluding carboxylic acids is 2. The van der Waals surface area contributed by atoms with Crippen LogP contribution in [-0.2, 0) is 9.59 Å². The highest BCUT2D eigenvalue weighted by atomic mass is 16.2. The van der Waals surface area contributed by atoms with Gasteiger partial charge in [-0.05, 0) is 101 Å². The van der Waals surface area contributed by atoms with Crippen LogP contribution in [0.25, 0.3) is 0 Å². The van der Waals surface area contributed by atoms with Gasteiger partial charge in [-0.3, -0.25) is 9.59 Å². The van der Waals surface area contributed by atoms with Crippen LogP contribution < -0.4 is 10.6 Å². The Bertz CT molecular complexity index is 527. The number of carbonyl (C=O) groups is 2. The summed E-state index contributed by atoms with van der Waals surface area (Å²) in [6.07, 6.45) is 13.7. The molecule has 4 aliphatic carbocycles. The molecule has 2 N–H and O–H groups in total. The quantitative estimate of drug-likeness (QED) is 0.574. The molecule has 4 saturated carbocycles. The van der Waals surface area contributed by atoms with E-state index in [1.54, 1.807) is 0 Å². The molecule has 4 heteroatoms. The van der Waals surface area contributed by atoms with Gasteiger partial charge >= 0.3 is 0 Å². The van der Waals surface area contributed by atoms with E-state index in [0.717, 1.165) is 36.5 Å². The lowest BCUT2D eigenvalue weighted by Crippen LogP contribution is -2.40. The van der Waals surface area contributed by atoms with Gasteiger partial charge in [-0.25, -0.2) is 0 Å². The van der Waals surface area contributed by atoms with E-state index >= 15 is 0 Å². The van der Waals surface area contributed by atoms with Crippen LogP contribution in [0, 0.1) is 35.5 Å². The molecule has 4 aliphatic rings. The van der Waals surface area contributed by atoms with Crippen LogP contribution in [0.3, 0.4) is 0 Å². The lowest BCUT2D eigenvalue weighted by atomic mass is 9.84. The summed E-state index contributed by atoms with van der Waals surface area (Å²) >= 11 is 0. The molecule has 0 aromatic carbocycles. The van der Waals surface area contributed by atoms with Crippen molar-refractivity contribution in [2.45, 2.75) is 103 Å². The molecule has 0 heterocycles. The highest BCUT2D eigenvalue weighted by Gasteiger charge is 2.43. The topological polar surface area (TPSA) is 58.2 Å². The van der Waals surface area contributed by atoms with Gasteiger partial charge < -0.3 is 10.6 Å². The first-order valence-corrected chi connectivity index (χ1v) is 12.1. The van der Waals surface area contributed by atoms with E-state index in [2.05, 4.69) is 24.5 Å². The van der Waals surface area contributed by atoms with E-state index in [1.165, 1.54) is 51.4 Å². The maximum atomic E-state index is 12.3. The fraction of sp³-hybridized carbons (Fsp3) is 0.917. The average molecular weight is 389 g/mol. The zero-order valence-electron chi connectivity index (χ0n) is 17.9. The van der Waals surface area contributed by atoms with Gasteiger partial charge in [0.15, 0.2) is 0 Å². The van der Waals surface area contributed by atoms with Crippen LogP contribution in [0.2, 0.25) is 0 Å². The number of hydrogen-bond donors (Lipinski definition) is 2. The molecule has 158 valence electrons. The molecular weight excluding hydrogens is 348 g/mol. The number of hydrogen-bond acceptors (Lipinski definition) is 2. The Morgan fingerprint density at radius 2 is 1.14 bits per heavy atom. The third-order valence-electron chi connectivity index (χ3n) is 8.71. The molecule has 0 aromatic rings. The summed E-state index contributed by atoms with van der Waals surface area (Å²) in [6.45, 7) is 4.38. The minimum Gasteiger partial charge on any atom is -0.353 e. The van der Waals surface area contributed by atoms with Crippen molar-refractivity contribution < 1.29 is 9.59 Å². The molecule has 0 aromatic heterocycles. The first kappa shape index (κ1) is 20.2. The Morgan fingerprint density at radius 3 is 1.46 bits per heavy atom. The molecule has 4 nitrogen and oxygen atoms in total. The lowest BCUT2D eigenvalue weighted by Gasteiger charge is -2.28. The molecule has 0 spiro atoms. The first-order valence-electron chi connectivity index (χ1n) is 12.1. The number of fused-ring (bicyclic) bond motifs is 4. The summed E-state index contributed by atoms with van der Waals surface area (Å²) < 4.78 is 0. The summed E-state index contributed by atoms with van der Waals surface area (Å²) in [4.78, 5) is 24.5. The summed E-state index contributed by atoms with van der Waals surface area (Å²) in [5.74, 6) is 5.28. The van der Waals surface area contributed by atoms with Gasteiger partial charge in [0.1, 0.15) is 0 Å². The zero-order valence-corrected chi connectivity index (χ0v) is 17.9. The second-order valence-electron chi connectivity index (χ2n) is 10.6. The van der Waals surface area contributed by atoms with Crippen LogP contribution >= 0.6 is 0 Å². The van der Waals surface area contributed by atoms with E-state index in [-0.39, 0.29) is 11.8 Å².